The van der Waals surface area contributed by atoms with Crippen molar-refractivity contribution in [3.8, 4) is 5.75 Å². The van der Waals surface area contributed by atoms with Crippen molar-refractivity contribution >= 4 is 15.9 Å². The zero-order valence-electron chi connectivity index (χ0n) is 16.0. The van der Waals surface area contributed by atoms with Gasteiger partial charge in [-0.1, -0.05) is 0 Å². The fourth-order valence-electron chi connectivity index (χ4n) is 2.47. The van der Waals surface area contributed by atoms with Crippen LogP contribution < -0.4 is 9.46 Å². The number of ether oxygens (including phenoxy) is 1. The maximum Gasteiger partial charge on any atom is 0.244 e. The Morgan fingerprint density at radius 2 is 1.81 bits per heavy atom. The van der Waals surface area contributed by atoms with E-state index in [1.807, 2.05) is 26.0 Å². The zero-order chi connectivity index (χ0) is 20.0. The molecule has 8 heteroatoms. The standard InChI is InChI=1S/C19H25N3O4S/c1-14-11-17(26-4)18(12-15(14)2)27(24,25)21-13-19(23)22(3)10-7-16-5-8-20-9-6-16/h5-6,8-9,11-12,21H,7,10,13H2,1-4H3. The Morgan fingerprint density at radius 1 is 1.19 bits per heavy atom. The molecule has 1 aromatic heterocycles. The molecule has 0 unspecified atom stereocenters. The summed E-state index contributed by atoms with van der Waals surface area (Å²) in [7, 11) is -0.804. The van der Waals surface area contributed by atoms with Gasteiger partial charge in [0.2, 0.25) is 15.9 Å². The first-order valence-corrected chi connectivity index (χ1v) is 10.0. The van der Waals surface area contributed by atoms with Crippen LogP contribution in [0, 0.1) is 13.8 Å². The number of pyridine rings is 1. The number of carbonyl (C=O) groups is 1. The van der Waals surface area contributed by atoms with Gasteiger partial charge in [0.1, 0.15) is 10.6 Å². The predicted molar refractivity (Wildman–Crippen MR) is 103 cm³/mol. The molecule has 0 radical (unpaired) electrons. The molecular weight excluding hydrogens is 366 g/mol. The first-order chi connectivity index (χ1) is 12.7. The van der Waals surface area contributed by atoms with E-state index in [4.69, 9.17) is 4.74 Å². The van der Waals surface area contributed by atoms with Crippen molar-refractivity contribution in [2.75, 3.05) is 27.2 Å². The van der Waals surface area contributed by atoms with E-state index in [2.05, 4.69) is 9.71 Å². The monoisotopic (exact) mass is 391 g/mol. The second kappa shape index (κ2) is 8.96. The van der Waals surface area contributed by atoms with Crippen LogP contribution in [-0.4, -0.2) is 51.5 Å². The number of aryl methyl sites for hydroxylation is 2. The number of nitrogens with one attached hydrogen (secondary N) is 1. The first-order valence-electron chi connectivity index (χ1n) is 8.52. The molecular formula is C19H25N3O4S. The van der Waals surface area contributed by atoms with Gasteiger partial charge < -0.3 is 9.64 Å². The van der Waals surface area contributed by atoms with Crippen molar-refractivity contribution in [3.63, 3.8) is 0 Å². The summed E-state index contributed by atoms with van der Waals surface area (Å²) >= 11 is 0. The molecule has 7 nitrogen and oxygen atoms in total. The first kappa shape index (κ1) is 20.9. The smallest absolute Gasteiger partial charge is 0.244 e. The van der Waals surface area contributed by atoms with E-state index < -0.39 is 10.0 Å². The number of methoxy groups -OCH3 is 1. The van der Waals surface area contributed by atoms with Crippen LogP contribution in [0.15, 0.2) is 41.6 Å². The van der Waals surface area contributed by atoms with Gasteiger partial charge in [0.25, 0.3) is 0 Å². The third-order valence-corrected chi connectivity index (χ3v) is 5.82. The number of aromatic nitrogens is 1. The number of hydrogen-bond donors (Lipinski definition) is 1. The average Bonchev–Trinajstić information content (AvgIpc) is 2.66. The largest absolute Gasteiger partial charge is 0.495 e. The molecule has 2 aromatic rings. The molecule has 2 rings (SSSR count). The van der Waals surface area contributed by atoms with E-state index in [1.165, 1.54) is 12.0 Å². The minimum atomic E-state index is -3.87. The molecule has 0 saturated carbocycles. The Hall–Kier alpha value is -2.45. The van der Waals surface area contributed by atoms with E-state index in [-0.39, 0.29) is 23.1 Å². The van der Waals surface area contributed by atoms with Gasteiger partial charge in [-0.15, -0.1) is 0 Å². The molecule has 146 valence electrons. The molecule has 27 heavy (non-hydrogen) atoms. The third kappa shape index (κ3) is 5.51. The van der Waals surface area contributed by atoms with E-state index in [0.717, 1.165) is 16.7 Å². The maximum atomic E-state index is 12.6. The number of likely N-dealkylation sites (N-methyl/N-ethyl adjacent to an activating group) is 1. The minimum Gasteiger partial charge on any atom is -0.495 e. The van der Waals surface area contributed by atoms with Gasteiger partial charge in [-0.25, -0.2) is 13.1 Å². The number of rotatable bonds is 8. The summed E-state index contributed by atoms with van der Waals surface area (Å²) in [5, 5.41) is 0. The van der Waals surface area contributed by atoms with Crippen LogP contribution in [0.5, 0.6) is 5.75 Å². The molecule has 0 spiro atoms. The molecule has 0 saturated heterocycles. The van der Waals surface area contributed by atoms with Gasteiger partial charge in [-0.05, 0) is 61.2 Å². The highest BCUT2D eigenvalue weighted by atomic mass is 32.2. The Bertz CT molecular complexity index is 899. The highest BCUT2D eigenvalue weighted by Crippen LogP contribution is 2.27. The third-order valence-electron chi connectivity index (χ3n) is 4.39. The van der Waals surface area contributed by atoms with Crippen LogP contribution >= 0.6 is 0 Å². The lowest BCUT2D eigenvalue weighted by Crippen LogP contribution is -2.39. The molecule has 0 fully saturated rings. The van der Waals surface area contributed by atoms with Crippen LogP contribution in [0.3, 0.4) is 0 Å². The molecule has 1 heterocycles. The van der Waals surface area contributed by atoms with Gasteiger partial charge in [0.05, 0.1) is 13.7 Å². The Labute approximate surface area is 160 Å². The van der Waals surface area contributed by atoms with E-state index in [1.54, 1.807) is 31.6 Å². The molecule has 0 bridgehead atoms. The summed E-state index contributed by atoms with van der Waals surface area (Å²) in [6.45, 7) is 3.87. The molecule has 0 aliphatic carbocycles. The number of nitrogens with zero attached hydrogens (tertiary/aromatic N) is 2. The molecule has 0 aliphatic rings. The summed E-state index contributed by atoms with van der Waals surface area (Å²) in [5.41, 5.74) is 2.82. The molecule has 1 N–H and O–H groups in total. The minimum absolute atomic E-state index is 0.0281. The summed E-state index contributed by atoms with van der Waals surface area (Å²) in [6, 6.07) is 6.99. The second-order valence-electron chi connectivity index (χ2n) is 6.33. The number of sulfonamides is 1. The number of benzene rings is 1. The topological polar surface area (TPSA) is 88.6 Å². The summed E-state index contributed by atoms with van der Waals surface area (Å²) in [6.07, 6.45) is 4.06. The zero-order valence-corrected chi connectivity index (χ0v) is 16.8. The van der Waals surface area contributed by atoms with Crippen LogP contribution in [0.1, 0.15) is 16.7 Å². The number of amides is 1. The highest BCUT2D eigenvalue weighted by Gasteiger charge is 2.22. The van der Waals surface area contributed by atoms with Crippen LogP contribution in [-0.2, 0) is 21.2 Å². The lowest BCUT2D eigenvalue weighted by atomic mass is 10.1. The molecule has 1 amide bonds. The van der Waals surface area contributed by atoms with E-state index in [9.17, 15) is 13.2 Å². The Morgan fingerprint density at radius 3 is 2.44 bits per heavy atom. The van der Waals surface area contributed by atoms with Gasteiger partial charge in [0, 0.05) is 26.0 Å². The van der Waals surface area contributed by atoms with E-state index in [0.29, 0.717) is 13.0 Å². The molecule has 0 atom stereocenters. The lowest BCUT2D eigenvalue weighted by Gasteiger charge is -2.18. The van der Waals surface area contributed by atoms with Gasteiger partial charge >= 0.3 is 0 Å². The van der Waals surface area contributed by atoms with Crippen molar-refractivity contribution < 1.29 is 17.9 Å². The number of hydrogen-bond acceptors (Lipinski definition) is 5. The SMILES string of the molecule is COc1cc(C)c(C)cc1S(=O)(=O)NCC(=O)N(C)CCc1ccncc1. The predicted octanol–water partition coefficient (Wildman–Crippen LogP) is 1.69. The number of carbonyl (C=O) groups excluding carboxylic acids is 1. The fraction of sp³-hybridized carbons (Fsp3) is 0.368. The van der Waals surface area contributed by atoms with Crippen LogP contribution in [0.2, 0.25) is 0 Å². The Kier molecular flexibility index (Phi) is 6.92. The van der Waals surface area contributed by atoms with Crippen molar-refractivity contribution in [1.29, 1.82) is 0 Å². The second-order valence-corrected chi connectivity index (χ2v) is 8.07. The summed E-state index contributed by atoms with van der Waals surface area (Å²) < 4.78 is 32.8. The van der Waals surface area contributed by atoms with Crippen LogP contribution in [0.4, 0.5) is 0 Å². The molecule has 0 aliphatic heterocycles. The normalized spacial score (nSPS) is 11.3. The average molecular weight is 391 g/mol. The Balaban J connectivity index is 2.00. The van der Waals surface area contributed by atoms with Crippen molar-refractivity contribution in [2.45, 2.75) is 25.2 Å². The van der Waals surface area contributed by atoms with E-state index >= 15 is 0 Å². The van der Waals surface area contributed by atoms with Crippen molar-refractivity contribution in [2.24, 2.45) is 0 Å². The van der Waals surface area contributed by atoms with Gasteiger partial charge in [-0.2, -0.15) is 0 Å². The van der Waals surface area contributed by atoms with Crippen LogP contribution in [0.25, 0.3) is 0 Å². The maximum absolute atomic E-state index is 12.6. The van der Waals surface area contributed by atoms with Crippen molar-refractivity contribution in [1.82, 2.24) is 14.6 Å². The highest BCUT2D eigenvalue weighted by molar-refractivity contribution is 7.89. The van der Waals surface area contributed by atoms with Crippen molar-refractivity contribution in [3.05, 3.63) is 53.3 Å². The quantitative estimate of drug-likeness (QED) is 0.740. The lowest BCUT2D eigenvalue weighted by molar-refractivity contribution is -0.128. The molecule has 1 aromatic carbocycles. The summed E-state index contributed by atoms with van der Waals surface area (Å²) in [5.74, 6) is -0.0560. The van der Waals surface area contributed by atoms with Gasteiger partial charge in [0.15, 0.2) is 0 Å². The summed E-state index contributed by atoms with van der Waals surface area (Å²) in [4.78, 5) is 17.8. The fourth-order valence-corrected chi connectivity index (χ4v) is 3.68. The van der Waals surface area contributed by atoms with Gasteiger partial charge in [-0.3, -0.25) is 9.78 Å².